The Morgan fingerprint density at radius 1 is 0.912 bits per heavy atom. The lowest BCUT2D eigenvalue weighted by atomic mass is 9.98. The molecule has 1 aromatic heterocycles. The van der Waals surface area contributed by atoms with E-state index in [0.29, 0.717) is 17.5 Å². The SMILES string of the molecule is Cc1cccc(C(C)C)c1NC(=O)C(C)Sc1nnc(Cc2ccccc2)n1-c1ccccc1. The van der Waals surface area contributed by atoms with E-state index in [4.69, 9.17) is 0 Å². The van der Waals surface area contributed by atoms with Crippen molar-refractivity contribution in [2.75, 3.05) is 5.32 Å². The molecule has 0 bridgehead atoms. The summed E-state index contributed by atoms with van der Waals surface area (Å²) in [5, 5.41) is 12.5. The number of benzene rings is 3. The molecule has 4 rings (SSSR count). The van der Waals surface area contributed by atoms with E-state index in [-0.39, 0.29) is 11.2 Å². The predicted octanol–water partition coefficient (Wildman–Crippen LogP) is 6.41. The molecule has 0 aliphatic heterocycles. The van der Waals surface area contributed by atoms with Gasteiger partial charge in [-0.3, -0.25) is 9.36 Å². The van der Waals surface area contributed by atoms with Crippen LogP contribution in [-0.4, -0.2) is 25.9 Å². The maximum absolute atomic E-state index is 13.2. The van der Waals surface area contributed by atoms with Crippen molar-refractivity contribution in [2.45, 2.75) is 50.4 Å². The van der Waals surface area contributed by atoms with Gasteiger partial charge in [0.25, 0.3) is 0 Å². The number of anilines is 1. The number of carbonyl (C=O) groups excluding carboxylic acids is 1. The third-order valence-corrected chi connectivity index (χ3v) is 6.79. The van der Waals surface area contributed by atoms with Gasteiger partial charge in [0.05, 0.1) is 5.25 Å². The van der Waals surface area contributed by atoms with E-state index >= 15 is 0 Å². The number of para-hydroxylation sites is 2. The quantitative estimate of drug-likeness (QED) is 0.302. The highest BCUT2D eigenvalue weighted by Gasteiger charge is 2.22. The Bertz CT molecular complexity index is 1250. The minimum atomic E-state index is -0.351. The fraction of sp³-hybridized carbons (Fsp3) is 0.250. The van der Waals surface area contributed by atoms with Crippen molar-refractivity contribution in [1.82, 2.24) is 14.8 Å². The summed E-state index contributed by atoms with van der Waals surface area (Å²) in [5.41, 5.74) is 5.26. The molecule has 4 aromatic rings. The molecule has 0 fully saturated rings. The summed E-state index contributed by atoms with van der Waals surface area (Å²) >= 11 is 1.42. The number of carbonyl (C=O) groups is 1. The van der Waals surface area contributed by atoms with Crippen LogP contribution in [0, 0.1) is 6.92 Å². The maximum Gasteiger partial charge on any atom is 0.237 e. The van der Waals surface area contributed by atoms with Gasteiger partial charge in [-0.2, -0.15) is 0 Å². The lowest BCUT2D eigenvalue weighted by Gasteiger charge is -2.19. The Labute approximate surface area is 205 Å². The smallest absolute Gasteiger partial charge is 0.237 e. The van der Waals surface area contributed by atoms with Crippen LogP contribution in [-0.2, 0) is 11.2 Å². The predicted molar refractivity (Wildman–Crippen MR) is 140 cm³/mol. The average Bonchev–Trinajstić information content (AvgIpc) is 3.23. The minimum Gasteiger partial charge on any atom is -0.325 e. The number of aromatic nitrogens is 3. The number of aryl methyl sites for hydroxylation is 1. The van der Waals surface area contributed by atoms with Crippen LogP contribution in [0.3, 0.4) is 0 Å². The highest BCUT2D eigenvalue weighted by atomic mass is 32.2. The largest absolute Gasteiger partial charge is 0.325 e. The Morgan fingerprint density at radius 2 is 1.59 bits per heavy atom. The zero-order valence-electron chi connectivity index (χ0n) is 20.0. The van der Waals surface area contributed by atoms with Crippen LogP contribution in [0.5, 0.6) is 0 Å². The Hall–Kier alpha value is -3.38. The molecule has 6 heteroatoms. The van der Waals surface area contributed by atoms with E-state index in [1.165, 1.54) is 11.8 Å². The van der Waals surface area contributed by atoms with Crippen molar-refractivity contribution in [1.29, 1.82) is 0 Å². The van der Waals surface area contributed by atoms with Crippen LogP contribution in [0.1, 0.15) is 49.2 Å². The summed E-state index contributed by atoms with van der Waals surface area (Å²) in [6.45, 7) is 8.22. The van der Waals surface area contributed by atoms with Gasteiger partial charge in [-0.1, -0.05) is 92.3 Å². The van der Waals surface area contributed by atoms with Crippen LogP contribution < -0.4 is 5.32 Å². The molecule has 0 radical (unpaired) electrons. The second-order valence-electron chi connectivity index (χ2n) is 8.68. The Balaban J connectivity index is 1.59. The normalized spacial score (nSPS) is 12.0. The molecule has 1 atom stereocenters. The molecule has 1 N–H and O–H groups in total. The zero-order chi connectivity index (χ0) is 24.1. The molecular formula is C28H30N4OS. The van der Waals surface area contributed by atoms with Crippen LogP contribution in [0.25, 0.3) is 5.69 Å². The van der Waals surface area contributed by atoms with Crippen molar-refractivity contribution >= 4 is 23.4 Å². The van der Waals surface area contributed by atoms with Gasteiger partial charge in [0, 0.05) is 17.8 Å². The first-order valence-electron chi connectivity index (χ1n) is 11.5. The number of nitrogens with one attached hydrogen (secondary N) is 1. The lowest BCUT2D eigenvalue weighted by molar-refractivity contribution is -0.115. The molecule has 0 saturated heterocycles. The number of hydrogen-bond donors (Lipinski definition) is 1. The standard InChI is InChI=1S/C28H30N4OS/c1-19(2)24-17-11-12-20(3)26(24)29-27(33)21(4)34-28-31-30-25(18-22-13-7-5-8-14-22)32(28)23-15-9-6-10-16-23/h5-17,19,21H,18H2,1-4H3,(H,29,33). The topological polar surface area (TPSA) is 59.8 Å². The molecule has 3 aromatic carbocycles. The highest BCUT2D eigenvalue weighted by molar-refractivity contribution is 8.00. The minimum absolute atomic E-state index is 0.0478. The molecule has 0 saturated carbocycles. The monoisotopic (exact) mass is 470 g/mol. The molecular weight excluding hydrogens is 440 g/mol. The zero-order valence-corrected chi connectivity index (χ0v) is 20.8. The average molecular weight is 471 g/mol. The van der Waals surface area contributed by atoms with Gasteiger partial charge in [0.1, 0.15) is 5.82 Å². The van der Waals surface area contributed by atoms with E-state index in [1.54, 1.807) is 0 Å². The number of nitrogens with zero attached hydrogens (tertiary/aromatic N) is 3. The summed E-state index contributed by atoms with van der Waals surface area (Å²) in [5.74, 6) is 1.11. The van der Waals surface area contributed by atoms with E-state index in [2.05, 4.69) is 52.1 Å². The molecule has 0 aliphatic rings. The second kappa shape index (κ2) is 10.7. The second-order valence-corrected chi connectivity index (χ2v) is 9.98. The summed E-state index contributed by atoms with van der Waals surface area (Å²) in [6.07, 6.45) is 0.658. The number of amides is 1. The summed E-state index contributed by atoms with van der Waals surface area (Å²) < 4.78 is 2.05. The first-order valence-corrected chi connectivity index (χ1v) is 12.4. The third kappa shape index (κ3) is 5.39. The Kier molecular flexibility index (Phi) is 7.48. The highest BCUT2D eigenvalue weighted by Crippen LogP contribution is 2.30. The Morgan fingerprint density at radius 3 is 2.26 bits per heavy atom. The van der Waals surface area contributed by atoms with Gasteiger partial charge in [0.15, 0.2) is 5.16 Å². The molecule has 5 nitrogen and oxygen atoms in total. The van der Waals surface area contributed by atoms with Crippen molar-refractivity contribution in [3.05, 3.63) is 101 Å². The van der Waals surface area contributed by atoms with Crippen LogP contribution >= 0.6 is 11.8 Å². The fourth-order valence-corrected chi connectivity index (χ4v) is 4.77. The van der Waals surface area contributed by atoms with Crippen molar-refractivity contribution < 1.29 is 4.79 Å². The molecule has 34 heavy (non-hydrogen) atoms. The third-order valence-electron chi connectivity index (χ3n) is 5.75. The van der Waals surface area contributed by atoms with E-state index in [9.17, 15) is 4.79 Å². The van der Waals surface area contributed by atoms with E-state index in [0.717, 1.165) is 33.9 Å². The van der Waals surface area contributed by atoms with E-state index < -0.39 is 0 Å². The van der Waals surface area contributed by atoms with Gasteiger partial charge >= 0.3 is 0 Å². The molecule has 0 spiro atoms. The first kappa shape index (κ1) is 23.8. The lowest BCUT2D eigenvalue weighted by Crippen LogP contribution is -2.24. The first-order chi connectivity index (χ1) is 16.4. The maximum atomic E-state index is 13.2. The van der Waals surface area contributed by atoms with Crippen LogP contribution in [0.15, 0.2) is 84.0 Å². The molecule has 1 unspecified atom stereocenters. The van der Waals surface area contributed by atoms with Crippen LogP contribution in [0.2, 0.25) is 0 Å². The van der Waals surface area contributed by atoms with Gasteiger partial charge in [-0.05, 0) is 48.6 Å². The van der Waals surface area contributed by atoms with Crippen molar-refractivity contribution in [3.8, 4) is 5.69 Å². The van der Waals surface area contributed by atoms with Crippen molar-refractivity contribution in [3.63, 3.8) is 0 Å². The van der Waals surface area contributed by atoms with Gasteiger partial charge in [-0.25, -0.2) is 0 Å². The fourth-order valence-electron chi connectivity index (χ4n) is 3.88. The van der Waals surface area contributed by atoms with Crippen LogP contribution in [0.4, 0.5) is 5.69 Å². The van der Waals surface area contributed by atoms with Gasteiger partial charge in [0.2, 0.25) is 5.91 Å². The summed E-state index contributed by atoms with van der Waals surface area (Å²) in [4.78, 5) is 13.2. The molecule has 1 amide bonds. The number of thioether (sulfide) groups is 1. The van der Waals surface area contributed by atoms with Gasteiger partial charge in [-0.15, -0.1) is 10.2 Å². The van der Waals surface area contributed by atoms with Crippen molar-refractivity contribution in [2.24, 2.45) is 0 Å². The molecule has 1 heterocycles. The van der Waals surface area contributed by atoms with Gasteiger partial charge < -0.3 is 5.32 Å². The summed E-state index contributed by atoms with van der Waals surface area (Å²) in [6, 6.07) is 26.4. The molecule has 174 valence electrons. The molecule has 0 aliphatic carbocycles. The van der Waals surface area contributed by atoms with E-state index in [1.807, 2.05) is 74.5 Å². The summed E-state index contributed by atoms with van der Waals surface area (Å²) in [7, 11) is 0. The number of hydrogen-bond acceptors (Lipinski definition) is 4. The number of rotatable bonds is 8.